The van der Waals surface area contributed by atoms with E-state index in [1.807, 2.05) is 0 Å². The van der Waals surface area contributed by atoms with Gasteiger partial charge in [0, 0.05) is 7.05 Å². The van der Waals surface area contributed by atoms with Crippen LogP contribution in [0.5, 0.6) is 0 Å². The molecule has 0 saturated heterocycles. The van der Waals surface area contributed by atoms with Crippen LogP contribution < -0.4 is 5.48 Å². The summed E-state index contributed by atoms with van der Waals surface area (Å²) in [7, 11) is 1.68. The Kier molecular flexibility index (Phi) is 5.52. The lowest BCUT2D eigenvalue weighted by Gasteiger charge is -2.03. The highest BCUT2D eigenvalue weighted by Crippen LogP contribution is 1.80. The molecule has 1 N–H and O–H groups in total. The maximum absolute atomic E-state index is 10.3. The molecular weight excluding hydrogens is 126 g/mol. The lowest BCUT2D eigenvalue weighted by molar-refractivity contribution is 0.0701. The monoisotopic (exact) mass is 137 g/mol. The zero-order valence-electron chi connectivity index (χ0n) is 5.14. The molecule has 0 fully saturated rings. The first-order valence-electron chi connectivity index (χ1n) is 2.36. The van der Waals surface area contributed by atoms with E-state index < -0.39 is 11.2 Å². The average Bonchev–Trinajstić information content (AvgIpc) is 1.66. The standard InChI is InChI=1S/C4H11NO2S/c1-5-7-3-4-8(2)6/h5H,3-4H2,1-2H3. The summed E-state index contributed by atoms with van der Waals surface area (Å²) in [6.07, 6.45) is 1.65. The molecule has 0 aromatic rings. The fraction of sp³-hybridized carbons (Fsp3) is 1.00. The molecule has 50 valence electrons. The molecule has 0 rings (SSSR count). The third-order valence-corrected chi connectivity index (χ3v) is 1.36. The van der Waals surface area contributed by atoms with Crippen molar-refractivity contribution in [1.29, 1.82) is 0 Å². The molecule has 0 amide bonds. The number of hydrogen-bond donors (Lipinski definition) is 1. The van der Waals surface area contributed by atoms with Crippen LogP contribution in [0.15, 0.2) is 0 Å². The van der Waals surface area contributed by atoms with Gasteiger partial charge in [0.15, 0.2) is 0 Å². The van der Waals surface area contributed by atoms with Crippen molar-refractivity contribution in [2.75, 3.05) is 25.7 Å². The minimum Gasteiger partial charge on any atom is -0.616 e. The van der Waals surface area contributed by atoms with Crippen LogP contribution in [0.3, 0.4) is 0 Å². The predicted molar refractivity (Wildman–Crippen MR) is 33.9 cm³/mol. The number of hydroxylamine groups is 1. The summed E-state index contributed by atoms with van der Waals surface area (Å²) in [6.45, 7) is 0.514. The third-order valence-electron chi connectivity index (χ3n) is 0.617. The van der Waals surface area contributed by atoms with Crippen LogP contribution in [0.4, 0.5) is 0 Å². The minimum absolute atomic E-state index is 0.514. The molecule has 1 atom stereocenters. The van der Waals surface area contributed by atoms with Crippen molar-refractivity contribution < 1.29 is 9.39 Å². The Balaban J connectivity index is 2.72. The van der Waals surface area contributed by atoms with Crippen LogP contribution in [-0.2, 0) is 16.0 Å². The second-order valence-electron chi connectivity index (χ2n) is 1.33. The van der Waals surface area contributed by atoms with Gasteiger partial charge in [-0.3, -0.25) is 4.84 Å². The quantitative estimate of drug-likeness (QED) is 0.323. The van der Waals surface area contributed by atoms with Crippen molar-refractivity contribution in [3.05, 3.63) is 0 Å². The third kappa shape index (κ3) is 6.23. The smallest absolute Gasteiger partial charge is 0.130 e. The average molecular weight is 137 g/mol. The summed E-state index contributed by atoms with van der Waals surface area (Å²) in [5.41, 5.74) is 2.49. The van der Waals surface area contributed by atoms with Crippen LogP contribution in [0.1, 0.15) is 0 Å². The van der Waals surface area contributed by atoms with E-state index in [0.29, 0.717) is 12.4 Å². The van der Waals surface area contributed by atoms with Gasteiger partial charge in [-0.25, -0.2) is 5.48 Å². The topological polar surface area (TPSA) is 44.3 Å². The maximum atomic E-state index is 10.3. The minimum atomic E-state index is -0.732. The highest BCUT2D eigenvalue weighted by atomic mass is 32.2. The summed E-state index contributed by atoms with van der Waals surface area (Å²) in [4.78, 5) is 4.70. The van der Waals surface area contributed by atoms with E-state index in [2.05, 4.69) is 5.48 Å². The summed E-state index contributed by atoms with van der Waals surface area (Å²) < 4.78 is 10.3. The SMILES string of the molecule is CNOCC[S+](C)[O-]. The van der Waals surface area contributed by atoms with Gasteiger partial charge < -0.3 is 4.55 Å². The molecule has 0 bridgehead atoms. The molecule has 8 heavy (non-hydrogen) atoms. The van der Waals surface area contributed by atoms with Crippen LogP contribution in [0.25, 0.3) is 0 Å². The fourth-order valence-electron chi connectivity index (χ4n) is 0.261. The molecular formula is C4H11NO2S. The first-order chi connectivity index (χ1) is 3.77. The number of hydrogen-bond acceptors (Lipinski definition) is 3. The van der Waals surface area contributed by atoms with Crippen molar-refractivity contribution in [3.63, 3.8) is 0 Å². The largest absolute Gasteiger partial charge is 0.616 e. The Bertz CT molecular complexity index is 51.3. The molecule has 0 spiro atoms. The van der Waals surface area contributed by atoms with Gasteiger partial charge in [-0.1, -0.05) is 11.2 Å². The second-order valence-corrected chi connectivity index (χ2v) is 2.88. The van der Waals surface area contributed by atoms with Crippen molar-refractivity contribution in [2.24, 2.45) is 0 Å². The van der Waals surface area contributed by atoms with Crippen molar-refractivity contribution in [1.82, 2.24) is 5.48 Å². The Morgan fingerprint density at radius 2 is 2.38 bits per heavy atom. The summed E-state index contributed by atoms with van der Waals surface area (Å²) in [6, 6.07) is 0. The van der Waals surface area contributed by atoms with E-state index in [1.54, 1.807) is 13.3 Å². The zero-order valence-corrected chi connectivity index (χ0v) is 5.96. The first kappa shape index (κ1) is 8.23. The molecule has 0 aromatic heterocycles. The van der Waals surface area contributed by atoms with Gasteiger partial charge in [0.25, 0.3) is 0 Å². The first-order valence-corrected chi connectivity index (χ1v) is 4.08. The molecule has 3 nitrogen and oxygen atoms in total. The fourth-order valence-corrected chi connectivity index (χ4v) is 0.579. The Hall–Kier alpha value is 0.230. The van der Waals surface area contributed by atoms with Gasteiger partial charge in [0.05, 0.1) is 6.26 Å². The lowest BCUT2D eigenvalue weighted by Crippen LogP contribution is -2.15. The van der Waals surface area contributed by atoms with Gasteiger partial charge in [0.2, 0.25) is 0 Å². The number of nitrogens with one attached hydrogen (secondary N) is 1. The van der Waals surface area contributed by atoms with Crippen molar-refractivity contribution >= 4 is 11.2 Å². The molecule has 0 aliphatic carbocycles. The van der Waals surface area contributed by atoms with Gasteiger partial charge in [0.1, 0.15) is 12.4 Å². The van der Waals surface area contributed by atoms with E-state index in [9.17, 15) is 4.55 Å². The molecule has 0 heterocycles. The van der Waals surface area contributed by atoms with E-state index in [1.165, 1.54) is 0 Å². The van der Waals surface area contributed by atoms with Crippen LogP contribution in [0, 0.1) is 0 Å². The van der Waals surface area contributed by atoms with E-state index in [4.69, 9.17) is 4.84 Å². The molecule has 0 saturated carbocycles. The predicted octanol–water partition coefficient (Wildman–Crippen LogP) is -0.484. The second kappa shape index (κ2) is 5.37. The molecule has 1 unspecified atom stereocenters. The number of rotatable bonds is 4. The highest BCUT2D eigenvalue weighted by molar-refractivity contribution is 7.90. The van der Waals surface area contributed by atoms with Gasteiger partial charge in [-0.2, -0.15) is 0 Å². The normalized spacial score (nSPS) is 13.9. The summed E-state index contributed by atoms with van der Waals surface area (Å²) >= 11 is -0.732. The molecule has 0 radical (unpaired) electrons. The molecule has 4 heteroatoms. The summed E-state index contributed by atoms with van der Waals surface area (Å²) in [5.74, 6) is 0.598. The molecule has 0 aliphatic rings. The zero-order chi connectivity index (χ0) is 6.41. The molecule has 0 aliphatic heterocycles. The van der Waals surface area contributed by atoms with Gasteiger partial charge in [-0.05, 0) is 0 Å². The van der Waals surface area contributed by atoms with Crippen molar-refractivity contribution in [3.8, 4) is 0 Å². The van der Waals surface area contributed by atoms with Crippen molar-refractivity contribution in [2.45, 2.75) is 0 Å². The lowest BCUT2D eigenvalue weighted by atomic mass is 10.9. The maximum Gasteiger partial charge on any atom is 0.130 e. The van der Waals surface area contributed by atoms with Gasteiger partial charge >= 0.3 is 0 Å². The van der Waals surface area contributed by atoms with Crippen LogP contribution in [-0.4, -0.2) is 30.2 Å². The Morgan fingerprint density at radius 3 is 2.75 bits per heavy atom. The molecule has 0 aromatic carbocycles. The summed E-state index contributed by atoms with van der Waals surface area (Å²) in [5, 5.41) is 0. The van der Waals surface area contributed by atoms with Gasteiger partial charge in [-0.15, -0.1) is 0 Å². The van der Waals surface area contributed by atoms with Crippen LogP contribution in [0.2, 0.25) is 0 Å². The van der Waals surface area contributed by atoms with E-state index in [-0.39, 0.29) is 0 Å². The van der Waals surface area contributed by atoms with E-state index >= 15 is 0 Å². The van der Waals surface area contributed by atoms with Crippen LogP contribution >= 0.6 is 0 Å². The Morgan fingerprint density at radius 1 is 1.75 bits per heavy atom. The van der Waals surface area contributed by atoms with E-state index in [0.717, 1.165) is 0 Å². The Labute approximate surface area is 52.5 Å². The highest BCUT2D eigenvalue weighted by Gasteiger charge is 1.93.